The normalized spacial score (nSPS) is 23.8. The lowest BCUT2D eigenvalue weighted by Crippen LogP contribution is -2.25. The number of aryl methyl sites for hydroxylation is 1. The Kier molecular flexibility index (Phi) is 6.64. The topological polar surface area (TPSA) is 96.3 Å². The Balaban J connectivity index is 1.43. The molecule has 0 bridgehead atoms. The monoisotopic (exact) mass is 480 g/mol. The smallest absolute Gasteiger partial charge is 0.414 e. The Bertz CT molecular complexity index is 1140. The molecule has 7 nitrogen and oxygen atoms in total. The molecule has 1 unspecified atom stereocenters. The highest BCUT2D eigenvalue weighted by atomic mass is 32.3. The Hall–Kier alpha value is -2.30. The number of carbonyl (C=O) groups excluding carboxylic acids is 1. The van der Waals surface area contributed by atoms with Gasteiger partial charge in [-0.2, -0.15) is 8.42 Å². The van der Waals surface area contributed by atoms with Crippen LogP contribution in [0.3, 0.4) is 0 Å². The number of ether oxygens (including phenoxy) is 1. The molecule has 2 heterocycles. The predicted molar refractivity (Wildman–Crippen MR) is 121 cm³/mol. The third-order valence-electron chi connectivity index (χ3n) is 5.74. The number of nitrogens with zero attached hydrogens (tertiary/aromatic N) is 2. The molecule has 0 saturated carbocycles. The summed E-state index contributed by atoms with van der Waals surface area (Å²) in [5, 5.41) is 9.16. The Morgan fingerprint density at radius 3 is 2.47 bits per heavy atom. The second kappa shape index (κ2) is 9.29. The van der Waals surface area contributed by atoms with E-state index in [1.54, 1.807) is 36.4 Å². The quantitative estimate of drug-likeness (QED) is 0.706. The lowest BCUT2D eigenvalue weighted by atomic mass is 9.93. The number of amides is 1. The standard InChI is InChI=1S/C22H25FN2O5S2/c1-15-2-5-19(6-3-15)32(28,29)24-31-10-8-16(9-11-31)20-7-4-17(12-21(20)23)25-13-18(14-26)30-22(25)27/h2-7,12,16,18,26H,8-11,13-14H2,1H3. The molecule has 172 valence electrons. The first-order valence-corrected chi connectivity index (χ1v) is 13.3. The van der Waals surface area contributed by atoms with Crippen LogP contribution in [-0.2, 0) is 25.5 Å². The van der Waals surface area contributed by atoms with Crippen LogP contribution in [-0.4, -0.2) is 50.4 Å². The van der Waals surface area contributed by atoms with E-state index in [4.69, 9.17) is 9.84 Å². The summed E-state index contributed by atoms with van der Waals surface area (Å²) in [6, 6.07) is 11.3. The van der Waals surface area contributed by atoms with Crippen molar-refractivity contribution in [2.75, 3.05) is 29.6 Å². The van der Waals surface area contributed by atoms with E-state index >= 15 is 0 Å². The molecule has 4 rings (SSSR count). The van der Waals surface area contributed by atoms with Crippen LogP contribution >= 0.6 is 0 Å². The molecule has 0 aromatic heterocycles. The average molecular weight is 481 g/mol. The zero-order chi connectivity index (χ0) is 22.9. The summed E-state index contributed by atoms with van der Waals surface area (Å²) in [7, 11) is -4.31. The van der Waals surface area contributed by atoms with Crippen molar-refractivity contribution >= 4 is 32.5 Å². The molecule has 1 amide bonds. The molecule has 2 saturated heterocycles. The SMILES string of the molecule is Cc1ccc(S(=O)(=O)N=S2CCC(c3ccc(N4CC(CO)OC4=O)cc3F)CC2)cc1. The number of aliphatic hydroxyl groups is 1. The van der Waals surface area contributed by atoms with Crippen LogP contribution in [0.1, 0.15) is 29.9 Å². The van der Waals surface area contributed by atoms with Gasteiger partial charge in [0, 0.05) is 11.5 Å². The van der Waals surface area contributed by atoms with E-state index in [9.17, 15) is 17.6 Å². The summed E-state index contributed by atoms with van der Waals surface area (Å²) in [5.74, 6) is 0.751. The number of hydrogen-bond acceptors (Lipinski definition) is 5. The summed E-state index contributed by atoms with van der Waals surface area (Å²) in [6.45, 7) is 1.79. The summed E-state index contributed by atoms with van der Waals surface area (Å²) in [6.07, 6.45) is 0.0747. The van der Waals surface area contributed by atoms with Crippen molar-refractivity contribution < 1.29 is 27.4 Å². The van der Waals surface area contributed by atoms with Crippen LogP contribution in [0.4, 0.5) is 14.9 Å². The number of rotatable bonds is 5. The Labute approximate surface area is 189 Å². The molecule has 2 aromatic rings. The molecule has 10 heteroatoms. The average Bonchev–Trinajstić information content (AvgIpc) is 3.15. The van der Waals surface area contributed by atoms with Crippen LogP contribution < -0.4 is 4.90 Å². The highest BCUT2D eigenvalue weighted by Crippen LogP contribution is 2.33. The van der Waals surface area contributed by atoms with Crippen molar-refractivity contribution in [1.29, 1.82) is 0 Å². The second-order valence-corrected chi connectivity index (χ2v) is 11.8. The van der Waals surface area contributed by atoms with Crippen molar-refractivity contribution in [3.8, 4) is 0 Å². The number of anilines is 1. The van der Waals surface area contributed by atoms with Gasteiger partial charge in [0.1, 0.15) is 11.9 Å². The van der Waals surface area contributed by atoms with Crippen molar-refractivity contribution in [3.05, 3.63) is 59.4 Å². The van der Waals surface area contributed by atoms with Gasteiger partial charge in [0.2, 0.25) is 0 Å². The third-order valence-corrected chi connectivity index (χ3v) is 9.65. The summed E-state index contributed by atoms with van der Waals surface area (Å²) >= 11 is 0. The Morgan fingerprint density at radius 2 is 1.88 bits per heavy atom. The lowest BCUT2D eigenvalue weighted by molar-refractivity contribution is 0.0963. The summed E-state index contributed by atoms with van der Waals surface area (Å²) in [4.78, 5) is 13.4. The minimum absolute atomic E-state index is 0.0270. The lowest BCUT2D eigenvalue weighted by Gasteiger charge is -2.25. The first-order valence-electron chi connectivity index (χ1n) is 10.4. The van der Waals surface area contributed by atoms with Crippen molar-refractivity contribution in [1.82, 2.24) is 0 Å². The molecule has 2 aliphatic rings. The first kappa shape index (κ1) is 22.9. The van der Waals surface area contributed by atoms with E-state index in [0.717, 1.165) is 5.56 Å². The molecule has 0 radical (unpaired) electrons. The number of sulfonamides is 1. The highest BCUT2D eigenvalue weighted by molar-refractivity contribution is 8.00. The fraction of sp³-hybridized carbons (Fsp3) is 0.409. The molecule has 1 N–H and O–H groups in total. The summed E-state index contributed by atoms with van der Waals surface area (Å²) < 4.78 is 49.2. The number of cyclic esters (lactones) is 1. The van der Waals surface area contributed by atoms with Crippen molar-refractivity contribution in [2.24, 2.45) is 3.77 Å². The maximum atomic E-state index is 14.9. The largest absolute Gasteiger partial charge is 0.441 e. The van der Waals surface area contributed by atoms with Crippen LogP contribution in [0.2, 0.25) is 0 Å². The van der Waals surface area contributed by atoms with Gasteiger partial charge in [0.15, 0.2) is 0 Å². The number of aliphatic hydroxyl groups excluding tert-OH is 1. The molecule has 2 aliphatic heterocycles. The molecule has 2 fully saturated rings. The number of halogens is 1. The van der Waals surface area contributed by atoms with E-state index < -0.39 is 38.7 Å². The zero-order valence-corrected chi connectivity index (χ0v) is 19.2. The molecular formula is C22H25FN2O5S2. The minimum Gasteiger partial charge on any atom is -0.441 e. The van der Waals surface area contributed by atoms with Crippen LogP contribution in [0.5, 0.6) is 0 Å². The van der Waals surface area contributed by atoms with Gasteiger partial charge in [-0.15, -0.1) is 3.77 Å². The third kappa shape index (κ3) is 4.87. The molecular weight excluding hydrogens is 455 g/mol. The van der Waals surface area contributed by atoms with E-state index in [0.29, 0.717) is 35.6 Å². The number of hydrogen-bond donors (Lipinski definition) is 1. The van der Waals surface area contributed by atoms with Crippen LogP contribution in [0, 0.1) is 12.7 Å². The highest BCUT2D eigenvalue weighted by Gasteiger charge is 2.32. The predicted octanol–water partition coefficient (Wildman–Crippen LogP) is 3.52. The Morgan fingerprint density at radius 1 is 1.19 bits per heavy atom. The van der Waals surface area contributed by atoms with E-state index in [2.05, 4.69) is 3.77 Å². The van der Waals surface area contributed by atoms with Crippen molar-refractivity contribution in [2.45, 2.75) is 36.7 Å². The minimum atomic E-state index is -3.70. The van der Waals surface area contributed by atoms with Gasteiger partial charge in [-0.05, 0) is 55.5 Å². The maximum Gasteiger partial charge on any atom is 0.414 e. The van der Waals surface area contributed by atoms with Crippen molar-refractivity contribution in [3.63, 3.8) is 0 Å². The van der Waals surface area contributed by atoms with Gasteiger partial charge in [0.25, 0.3) is 10.0 Å². The van der Waals surface area contributed by atoms with Gasteiger partial charge in [-0.1, -0.05) is 34.5 Å². The van der Waals surface area contributed by atoms with Gasteiger partial charge in [-0.3, -0.25) is 4.90 Å². The van der Waals surface area contributed by atoms with Gasteiger partial charge < -0.3 is 9.84 Å². The molecule has 0 spiro atoms. The fourth-order valence-electron chi connectivity index (χ4n) is 3.92. The van der Waals surface area contributed by atoms with Gasteiger partial charge in [0.05, 0.1) is 23.7 Å². The number of carbonyl (C=O) groups is 1. The molecule has 1 atom stereocenters. The number of benzene rings is 2. The van der Waals surface area contributed by atoms with Crippen LogP contribution in [0.15, 0.2) is 51.1 Å². The molecule has 0 aliphatic carbocycles. The van der Waals surface area contributed by atoms with Crippen LogP contribution in [0.25, 0.3) is 0 Å². The molecule has 32 heavy (non-hydrogen) atoms. The molecule has 2 aromatic carbocycles. The van der Waals surface area contributed by atoms with Gasteiger partial charge in [-0.25, -0.2) is 9.18 Å². The second-order valence-electron chi connectivity index (χ2n) is 8.01. The van der Waals surface area contributed by atoms with E-state index in [1.165, 1.54) is 11.0 Å². The van der Waals surface area contributed by atoms with E-state index in [1.807, 2.05) is 6.92 Å². The zero-order valence-electron chi connectivity index (χ0n) is 17.6. The van der Waals surface area contributed by atoms with E-state index in [-0.39, 0.29) is 24.0 Å². The summed E-state index contributed by atoms with van der Waals surface area (Å²) in [5.41, 5.74) is 1.93. The van der Waals surface area contributed by atoms with Gasteiger partial charge >= 0.3 is 6.09 Å². The maximum absolute atomic E-state index is 14.9. The fourth-order valence-corrected chi connectivity index (χ4v) is 7.77. The first-order chi connectivity index (χ1) is 15.3.